The lowest BCUT2D eigenvalue weighted by atomic mass is 10.3. The molecule has 0 rings (SSSR count). The van der Waals surface area contributed by atoms with E-state index in [1.54, 1.807) is 6.92 Å². The maximum absolute atomic E-state index is 8.28. The van der Waals surface area contributed by atoms with Crippen molar-refractivity contribution >= 4 is 5.71 Å². The number of rotatable bonds is 1. The molecule has 0 amide bonds. The van der Waals surface area contributed by atoms with Gasteiger partial charge in [0.25, 0.3) is 0 Å². The lowest BCUT2D eigenvalue weighted by Gasteiger charge is -1.93. The lowest BCUT2D eigenvalue weighted by Crippen LogP contribution is -1.77. The van der Waals surface area contributed by atoms with Crippen molar-refractivity contribution in [2.45, 2.75) is 20.3 Å². The highest BCUT2D eigenvalue weighted by molar-refractivity contribution is 5.84. The summed E-state index contributed by atoms with van der Waals surface area (Å²) in [5.74, 6) is 0. The summed E-state index contributed by atoms with van der Waals surface area (Å²) in [5, 5.41) is 8.28. The van der Waals surface area contributed by atoms with Crippen molar-refractivity contribution in [2.75, 3.05) is 0 Å². The number of hydrogen-bond donors (Lipinski definition) is 0. The minimum absolute atomic E-state index is 0.505. The zero-order valence-corrected chi connectivity index (χ0v) is 3.65. The second-order valence-corrected chi connectivity index (χ2v) is 1.09. The van der Waals surface area contributed by atoms with Gasteiger partial charge < -0.3 is 5.41 Å². The monoisotopic (exact) mass is 70.1 g/mol. The summed E-state index contributed by atoms with van der Waals surface area (Å²) in [6.45, 7) is 3.61. The van der Waals surface area contributed by atoms with Crippen LogP contribution in [0.15, 0.2) is 0 Å². The quantitative estimate of drug-likeness (QED) is 0.416. The molecule has 0 fully saturated rings. The van der Waals surface area contributed by atoms with Gasteiger partial charge in [0.05, 0.1) is 0 Å². The SMILES string of the molecule is CCC(C)=[N-]. The molecule has 0 aromatic rings. The molecular weight excluding hydrogens is 62.1 g/mol. The number of hydrogen-bond acceptors (Lipinski definition) is 0. The van der Waals surface area contributed by atoms with Gasteiger partial charge in [-0.3, -0.25) is 0 Å². The second kappa shape index (κ2) is 1.94. The van der Waals surface area contributed by atoms with Gasteiger partial charge >= 0.3 is 0 Å². The zero-order chi connectivity index (χ0) is 4.28. The van der Waals surface area contributed by atoms with Crippen LogP contribution in [0.4, 0.5) is 0 Å². The molecule has 0 N–H and O–H groups in total. The first-order valence-electron chi connectivity index (χ1n) is 1.78. The fourth-order valence-corrected chi connectivity index (χ4v) is 0. The van der Waals surface area contributed by atoms with Crippen LogP contribution in [0.2, 0.25) is 0 Å². The average molecular weight is 70.1 g/mol. The van der Waals surface area contributed by atoms with E-state index in [0.717, 1.165) is 6.42 Å². The smallest absolute Gasteiger partial charge is 0.0569 e. The van der Waals surface area contributed by atoms with Gasteiger partial charge in [-0.1, -0.05) is 20.3 Å². The molecule has 0 aromatic carbocycles. The Hall–Kier alpha value is -0.330. The highest BCUT2D eigenvalue weighted by Gasteiger charge is 1.58. The summed E-state index contributed by atoms with van der Waals surface area (Å²) in [4.78, 5) is 0. The molecule has 0 radical (unpaired) electrons. The maximum Gasteiger partial charge on any atom is -0.0569 e. The second-order valence-electron chi connectivity index (χ2n) is 1.09. The van der Waals surface area contributed by atoms with Crippen molar-refractivity contribution in [3.8, 4) is 0 Å². The molecular formula is C4H8N-. The van der Waals surface area contributed by atoms with E-state index in [9.17, 15) is 0 Å². The van der Waals surface area contributed by atoms with Crippen LogP contribution < -0.4 is 0 Å². The van der Waals surface area contributed by atoms with Crippen molar-refractivity contribution in [3.63, 3.8) is 0 Å². The highest BCUT2D eigenvalue weighted by Crippen LogP contribution is 1.74. The van der Waals surface area contributed by atoms with Crippen molar-refractivity contribution in [2.24, 2.45) is 0 Å². The molecule has 1 heteroatoms. The van der Waals surface area contributed by atoms with Crippen LogP contribution in [0.5, 0.6) is 0 Å². The van der Waals surface area contributed by atoms with E-state index in [1.807, 2.05) is 6.92 Å². The largest absolute Gasteiger partial charge is 0.811 e. The van der Waals surface area contributed by atoms with E-state index in [0.29, 0.717) is 5.71 Å². The molecule has 0 heterocycles. The summed E-state index contributed by atoms with van der Waals surface area (Å²) >= 11 is 0. The predicted molar refractivity (Wildman–Crippen MR) is 24.3 cm³/mol. The zero-order valence-electron chi connectivity index (χ0n) is 3.65. The third-order valence-corrected chi connectivity index (χ3v) is 0.512. The molecule has 0 aliphatic rings. The molecule has 0 saturated carbocycles. The van der Waals surface area contributed by atoms with E-state index in [2.05, 4.69) is 0 Å². The lowest BCUT2D eigenvalue weighted by molar-refractivity contribution is 1.30. The third kappa shape index (κ3) is 3.67. The van der Waals surface area contributed by atoms with E-state index >= 15 is 0 Å². The van der Waals surface area contributed by atoms with Gasteiger partial charge in [-0.2, -0.15) is 0 Å². The summed E-state index contributed by atoms with van der Waals surface area (Å²) in [6, 6.07) is 0. The molecule has 0 unspecified atom stereocenters. The molecule has 0 bridgehead atoms. The van der Waals surface area contributed by atoms with Crippen molar-refractivity contribution in [1.29, 1.82) is 0 Å². The van der Waals surface area contributed by atoms with Crippen molar-refractivity contribution < 1.29 is 0 Å². The van der Waals surface area contributed by atoms with Crippen LogP contribution in [-0.2, 0) is 0 Å². The van der Waals surface area contributed by atoms with Crippen molar-refractivity contribution in [1.82, 2.24) is 0 Å². The van der Waals surface area contributed by atoms with Gasteiger partial charge in [0, 0.05) is 0 Å². The summed E-state index contributed by atoms with van der Waals surface area (Å²) in [6.07, 6.45) is 0.778. The normalized spacial score (nSPS) is 7.60. The standard InChI is InChI=1S/C4H8N/c1-3-4(2)5/h3H2,1-2H3/q-1. The van der Waals surface area contributed by atoms with Gasteiger partial charge in [0.2, 0.25) is 0 Å². The third-order valence-electron chi connectivity index (χ3n) is 0.512. The van der Waals surface area contributed by atoms with E-state index in [4.69, 9.17) is 5.41 Å². The number of nitrogens with zero attached hydrogens (tertiary/aromatic N) is 1. The van der Waals surface area contributed by atoms with Gasteiger partial charge in [0.15, 0.2) is 0 Å². The van der Waals surface area contributed by atoms with Crippen LogP contribution in [0.3, 0.4) is 0 Å². The Morgan fingerprint density at radius 2 is 2.00 bits per heavy atom. The fourth-order valence-electron chi connectivity index (χ4n) is 0. The molecule has 0 spiro atoms. The molecule has 0 aromatic heterocycles. The summed E-state index contributed by atoms with van der Waals surface area (Å²) in [5.41, 5.74) is 0.505. The molecule has 0 aliphatic heterocycles. The molecule has 0 atom stereocenters. The minimum atomic E-state index is 0.505. The van der Waals surface area contributed by atoms with Gasteiger partial charge in [-0.15, -0.1) is 0 Å². The Balaban J connectivity index is 2.85. The van der Waals surface area contributed by atoms with Gasteiger partial charge in [-0.05, 0) is 0 Å². The van der Waals surface area contributed by atoms with Crippen molar-refractivity contribution in [3.05, 3.63) is 5.41 Å². The predicted octanol–water partition coefficient (Wildman–Crippen LogP) is 1.43. The minimum Gasteiger partial charge on any atom is -0.811 e. The molecule has 0 aliphatic carbocycles. The Kier molecular flexibility index (Phi) is 1.81. The first kappa shape index (κ1) is 4.67. The average Bonchev–Trinajstić information content (AvgIpc) is 1.38. The van der Waals surface area contributed by atoms with E-state index in [-0.39, 0.29) is 0 Å². The van der Waals surface area contributed by atoms with Crippen LogP contribution in [-0.4, -0.2) is 5.71 Å². The molecule has 30 valence electrons. The fraction of sp³-hybridized carbons (Fsp3) is 0.750. The van der Waals surface area contributed by atoms with E-state index in [1.165, 1.54) is 0 Å². The molecule has 5 heavy (non-hydrogen) atoms. The van der Waals surface area contributed by atoms with E-state index < -0.39 is 0 Å². The topological polar surface area (TPSA) is 22.3 Å². The Bertz CT molecular complexity index is 38.9. The van der Waals surface area contributed by atoms with Crippen LogP contribution in [0.25, 0.3) is 5.41 Å². The molecule has 0 saturated heterocycles. The first-order valence-corrected chi connectivity index (χ1v) is 1.78. The first-order chi connectivity index (χ1) is 2.27. The van der Waals surface area contributed by atoms with Crippen LogP contribution >= 0.6 is 0 Å². The molecule has 1 nitrogen and oxygen atoms in total. The maximum atomic E-state index is 8.28. The Morgan fingerprint density at radius 1 is 1.80 bits per heavy atom. The summed E-state index contributed by atoms with van der Waals surface area (Å²) < 4.78 is 0. The highest BCUT2D eigenvalue weighted by atomic mass is 14.4. The van der Waals surface area contributed by atoms with Crippen LogP contribution in [0, 0.1) is 0 Å². The Morgan fingerprint density at radius 3 is 2.00 bits per heavy atom. The van der Waals surface area contributed by atoms with Gasteiger partial charge in [-0.25, -0.2) is 5.71 Å². The summed E-state index contributed by atoms with van der Waals surface area (Å²) in [7, 11) is 0. The van der Waals surface area contributed by atoms with Crippen LogP contribution in [0.1, 0.15) is 20.3 Å². The van der Waals surface area contributed by atoms with Gasteiger partial charge in [0.1, 0.15) is 0 Å². The Labute approximate surface area is 32.5 Å².